The van der Waals surface area contributed by atoms with Crippen molar-refractivity contribution in [2.45, 2.75) is 6.92 Å². The first-order chi connectivity index (χ1) is 8.86. The Labute approximate surface area is 108 Å². The summed E-state index contributed by atoms with van der Waals surface area (Å²) in [5, 5.41) is 27.6. The van der Waals surface area contributed by atoms with Crippen molar-refractivity contribution in [3.63, 3.8) is 0 Å². The minimum Gasteiger partial charge on any atom is -0.504 e. The minimum atomic E-state index is -0.922. The lowest BCUT2D eigenvalue weighted by Crippen LogP contribution is -2.05. The molecule has 0 fully saturated rings. The molecule has 0 aliphatic heterocycles. The van der Waals surface area contributed by atoms with E-state index in [1.54, 1.807) is 0 Å². The third-order valence-corrected chi connectivity index (χ3v) is 2.16. The summed E-state index contributed by atoms with van der Waals surface area (Å²) in [4.78, 5) is 22.6. The van der Waals surface area contributed by atoms with Gasteiger partial charge in [0.2, 0.25) is 0 Å². The van der Waals surface area contributed by atoms with E-state index >= 15 is 0 Å². The van der Waals surface area contributed by atoms with Crippen molar-refractivity contribution < 1.29 is 34.4 Å². The van der Waals surface area contributed by atoms with Gasteiger partial charge < -0.3 is 24.8 Å². The van der Waals surface area contributed by atoms with Gasteiger partial charge in [0.15, 0.2) is 17.2 Å². The Bertz CT molecular complexity index is 522. The van der Waals surface area contributed by atoms with E-state index in [1.165, 1.54) is 14.0 Å². The lowest BCUT2D eigenvalue weighted by Gasteiger charge is -2.05. The molecule has 0 amide bonds. The van der Waals surface area contributed by atoms with Crippen LogP contribution in [0.5, 0.6) is 17.2 Å². The molecule has 0 unspecified atom stereocenters. The highest BCUT2D eigenvalue weighted by atomic mass is 16.5. The van der Waals surface area contributed by atoms with Crippen molar-refractivity contribution in [3.05, 3.63) is 29.5 Å². The zero-order valence-electron chi connectivity index (χ0n) is 10.2. The summed E-state index contributed by atoms with van der Waals surface area (Å²) in [6.45, 7) is 1.38. The fraction of sp³-hybridized carbons (Fsp3) is 0.167. The van der Waals surface area contributed by atoms with Crippen molar-refractivity contribution in [2.75, 3.05) is 7.11 Å². The van der Waals surface area contributed by atoms with Crippen molar-refractivity contribution >= 4 is 11.9 Å². The van der Waals surface area contributed by atoms with Crippen LogP contribution in [0.2, 0.25) is 0 Å². The second-order valence-corrected chi connectivity index (χ2v) is 3.56. The van der Waals surface area contributed by atoms with Gasteiger partial charge in [0.05, 0.1) is 18.2 Å². The SMILES string of the molecule is COC(=O)C(C)=COC(=O)c1cc(O)c(O)c(O)c1. The number of carbonyl (C=O) groups is 2. The zero-order valence-corrected chi connectivity index (χ0v) is 10.2. The lowest BCUT2D eigenvalue weighted by molar-refractivity contribution is -0.136. The van der Waals surface area contributed by atoms with E-state index in [-0.39, 0.29) is 11.1 Å². The molecule has 0 aliphatic rings. The van der Waals surface area contributed by atoms with Gasteiger partial charge in [0.25, 0.3) is 0 Å². The molecule has 0 saturated carbocycles. The first-order valence-corrected chi connectivity index (χ1v) is 5.07. The molecule has 7 heteroatoms. The maximum Gasteiger partial charge on any atom is 0.343 e. The standard InChI is InChI=1S/C12H12O7/c1-6(11(16)18-2)5-19-12(17)7-3-8(13)10(15)9(14)4-7/h3-5,13-15H,1-2H3. The van der Waals surface area contributed by atoms with Crippen LogP contribution in [-0.4, -0.2) is 34.4 Å². The number of methoxy groups -OCH3 is 1. The molecule has 7 nitrogen and oxygen atoms in total. The van der Waals surface area contributed by atoms with Gasteiger partial charge >= 0.3 is 11.9 Å². The molecule has 0 aromatic heterocycles. The Morgan fingerprint density at radius 2 is 1.68 bits per heavy atom. The van der Waals surface area contributed by atoms with Gasteiger partial charge in [0, 0.05) is 0 Å². The topological polar surface area (TPSA) is 113 Å². The lowest BCUT2D eigenvalue weighted by atomic mass is 10.2. The molecule has 0 bridgehead atoms. The van der Waals surface area contributed by atoms with Crippen molar-refractivity contribution in [1.82, 2.24) is 0 Å². The van der Waals surface area contributed by atoms with Gasteiger partial charge in [0.1, 0.15) is 6.26 Å². The molecule has 1 aromatic rings. The Kier molecular flexibility index (Phi) is 4.36. The van der Waals surface area contributed by atoms with Crippen LogP contribution in [0, 0.1) is 0 Å². The number of esters is 2. The van der Waals surface area contributed by atoms with Gasteiger partial charge in [-0.05, 0) is 19.1 Å². The first kappa shape index (κ1) is 14.4. The van der Waals surface area contributed by atoms with Crippen molar-refractivity contribution in [2.24, 2.45) is 0 Å². The average Bonchev–Trinajstić information content (AvgIpc) is 2.39. The number of hydrogen-bond acceptors (Lipinski definition) is 7. The normalized spacial score (nSPS) is 10.9. The number of hydrogen-bond donors (Lipinski definition) is 3. The highest BCUT2D eigenvalue weighted by Gasteiger charge is 2.14. The van der Waals surface area contributed by atoms with E-state index in [4.69, 9.17) is 5.11 Å². The van der Waals surface area contributed by atoms with Crippen LogP contribution in [0.1, 0.15) is 17.3 Å². The maximum absolute atomic E-state index is 11.6. The van der Waals surface area contributed by atoms with E-state index in [0.717, 1.165) is 18.4 Å². The maximum atomic E-state index is 11.6. The average molecular weight is 268 g/mol. The summed E-state index contributed by atoms with van der Waals surface area (Å²) in [7, 11) is 1.18. The monoisotopic (exact) mass is 268 g/mol. The molecule has 0 spiro atoms. The molecular weight excluding hydrogens is 256 g/mol. The first-order valence-electron chi connectivity index (χ1n) is 5.07. The van der Waals surface area contributed by atoms with Crippen LogP contribution in [0.4, 0.5) is 0 Å². The Hall–Kier alpha value is -2.70. The van der Waals surface area contributed by atoms with E-state index in [1.807, 2.05) is 0 Å². The van der Waals surface area contributed by atoms with Crippen molar-refractivity contribution in [1.29, 1.82) is 0 Å². The number of phenols is 3. The molecule has 0 aliphatic carbocycles. The molecule has 0 heterocycles. The van der Waals surface area contributed by atoms with E-state index < -0.39 is 29.2 Å². The molecule has 0 radical (unpaired) electrons. The van der Waals surface area contributed by atoms with E-state index in [2.05, 4.69) is 9.47 Å². The number of rotatable bonds is 3. The van der Waals surface area contributed by atoms with Gasteiger partial charge in [-0.1, -0.05) is 0 Å². The fourth-order valence-electron chi connectivity index (χ4n) is 1.14. The summed E-state index contributed by atoms with van der Waals surface area (Å²) in [6.07, 6.45) is 0.884. The highest BCUT2D eigenvalue weighted by molar-refractivity contribution is 5.92. The van der Waals surface area contributed by atoms with E-state index in [0.29, 0.717) is 0 Å². The Morgan fingerprint density at radius 3 is 2.16 bits per heavy atom. The second kappa shape index (κ2) is 5.76. The summed E-state index contributed by atoms with van der Waals surface area (Å²) in [5.74, 6) is -3.66. The number of aromatic hydroxyl groups is 3. The van der Waals surface area contributed by atoms with Gasteiger partial charge in [-0.2, -0.15) is 0 Å². The Morgan fingerprint density at radius 1 is 1.16 bits per heavy atom. The smallest absolute Gasteiger partial charge is 0.343 e. The predicted octanol–water partition coefficient (Wildman–Crippen LogP) is 1.04. The third kappa shape index (κ3) is 3.38. The van der Waals surface area contributed by atoms with Gasteiger partial charge in [-0.25, -0.2) is 9.59 Å². The third-order valence-electron chi connectivity index (χ3n) is 2.16. The van der Waals surface area contributed by atoms with Crippen LogP contribution in [0.15, 0.2) is 24.0 Å². The van der Waals surface area contributed by atoms with Gasteiger partial charge in [-0.3, -0.25) is 0 Å². The number of phenolic OH excluding ortho intramolecular Hbond substituents is 3. The second-order valence-electron chi connectivity index (χ2n) is 3.56. The summed E-state index contributed by atoms with van der Waals surface area (Å²) < 4.78 is 9.05. The highest BCUT2D eigenvalue weighted by Crippen LogP contribution is 2.35. The summed E-state index contributed by atoms with van der Waals surface area (Å²) in [6, 6.07) is 1.83. The van der Waals surface area contributed by atoms with Crippen molar-refractivity contribution in [3.8, 4) is 17.2 Å². The van der Waals surface area contributed by atoms with Crippen LogP contribution in [0.3, 0.4) is 0 Å². The fourth-order valence-corrected chi connectivity index (χ4v) is 1.14. The van der Waals surface area contributed by atoms with Crippen LogP contribution < -0.4 is 0 Å². The largest absolute Gasteiger partial charge is 0.504 e. The number of carbonyl (C=O) groups excluding carboxylic acids is 2. The molecule has 102 valence electrons. The molecule has 0 atom stereocenters. The zero-order chi connectivity index (χ0) is 14.6. The quantitative estimate of drug-likeness (QED) is 0.325. The predicted molar refractivity (Wildman–Crippen MR) is 62.6 cm³/mol. The van der Waals surface area contributed by atoms with Crippen LogP contribution in [-0.2, 0) is 14.3 Å². The molecule has 3 N–H and O–H groups in total. The minimum absolute atomic E-state index is 0.0584. The number of benzene rings is 1. The molecule has 1 aromatic carbocycles. The van der Waals surface area contributed by atoms with Gasteiger partial charge in [-0.15, -0.1) is 0 Å². The summed E-state index contributed by atoms with van der Waals surface area (Å²) >= 11 is 0. The molecule has 1 rings (SSSR count). The Balaban J connectivity index is 2.88. The molecule has 19 heavy (non-hydrogen) atoms. The van der Waals surface area contributed by atoms with Crippen LogP contribution in [0.25, 0.3) is 0 Å². The summed E-state index contributed by atoms with van der Waals surface area (Å²) in [5.41, 5.74) is -0.134. The molecule has 0 saturated heterocycles. The van der Waals surface area contributed by atoms with Crippen LogP contribution >= 0.6 is 0 Å². The number of ether oxygens (including phenoxy) is 2. The molecular formula is C12H12O7. The van der Waals surface area contributed by atoms with E-state index in [9.17, 15) is 19.8 Å².